The van der Waals surface area contributed by atoms with Crippen LogP contribution in [0, 0.1) is 17.5 Å². The fraction of sp³-hybridized carbons (Fsp3) is 0.100. The summed E-state index contributed by atoms with van der Waals surface area (Å²) >= 11 is 4.93. The summed E-state index contributed by atoms with van der Waals surface area (Å²) < 4.78 is 13.9. The lowest BCUT2D eigenvalue weighted by Gasteiger charge is -2.00. The second-order valence-electron chi connectivity index (χ2n) is 3.06. The van der Waals surface area contributed by atoms with E-state index < -0.39 is 0 Å². The second-order valence-corrected chi connectivity index (χ2v) is 3.47. The molecule has 2 rings (SSSR count). The van der Waals surface area contributed by atoms with Gasteiger partial charge in [0, 0.05) is 11.3 Å². The van der Waals surface area contributed by atoms with Gasteiger partial charge in [-0.3, -0.25) is 0 Å². The Balaban J connectivity index is 2.66. The second kappa shape index (κ2) is 3.38. The molecule has 0 aliphatic carbocycles. The molecule has 14 heavy (non-hydrogen) atoms. The molecule has 2 nitrogen and oxygen atoms in total. The molecule has 1 aromatic heterocycles. The lowest BCUT2D eigenvalue weighted by Crippen LogP contribution is -1.85. The maximum Gasteiger partial charge on any atom is 0.175 e. The van der Waals surface area contributed by atoms with E-state index >= 15 is 0 Å². The summed E-state index contributed by atoms with van der Waals surface area (Å²) in [4.78, 5) is 5.85. The summed E-state index contributed by atoms with van der Waals surface area (Å²) in [5.74, 6) is -0.249. The van der Waals surface area contributed by atoms with Crippen molar-refractivity contribution in [1.82, 2.24) is 9.97 Å². The van der Waals surface area contributed by atoms with Gasteiger partial charge in [-0.25, -0.2) is 4.39 Å². The highest BCUT2D eigenvalue weighted by molar-refractivity contribution is 7.71. The Morgan fingerprint density at radius 3 is 2.50 bits per heavy atom. The summed E-state index contributed by atoms with van der Waals surface area (Å²) in [7, 11) is 0. The smallest absolute Gasteiger partial charge is 0.175 e. The molecule has 0 saturated heterocycles. The van der Waals surface area contributed by atoms with Gasteiger partial charge in [-0.05, 0) is 31.3 Å². The van der Waals surface area contributed by atoms with Crippen molar-refractivity contribution in [3.63, 3.8) is 0 Å². The molecule has 0 spiro atoms. The van der Waals surface area contributed by atoms with Crippen LogP contribution in [0.1, 0.15) is 5.69 Å². The largest absolute Gasteiger partial charge is 0.334 e. The molecule has 0 fully saturated rings. The summed E-state index contributed by atoms with van der Waals surface area (Å²) in [5.41, 5.74) is 2.10. The van der Waals surface area contributed by atoms with Crippen LogP contribution >= 0.6 is 12.2 Å². The van der Waals surface area contributed by atoms with E-state index in [1.807, 2.05) is 6.92 Å². The van der Waals surface area contributed by atoms with Crippen LogP contribution in [-0.2, 0) is 0 Å². The van der Waals surface area contributed by atoms with Crippen molar-refractivity contribution in [3.8, 4) is 11.3 Å². The molecule has 0 unspecified atom stereocenters. The normalized spacial score (nSPS) is 10.4. The minimum atomic E-state index is -0.249. The van der Waals surface area contributed by atoms with Gasteiger partial charge in [0.25, 0.3) is 0 Å². The van der Waals surface area contributed by atoms with Gasteiger partial charge < -0.3 is 9.97 Å². The third-order valence-corrected chi connectivity index (χ3v) is 2.26. The molecule has 1 heterocycles. The van der Waals surface area contributed by atoms with Crippen molar-refractivity contribution in [1.29, 1.82) is 0 Å². The van der Waals surface area contributed by atoms with Crippen LogP contribution in [0.2, 0.25) is 0 Å². The van der Waals surface area contributed by atoms with Gasteiger partial charge in [-0.2, -0.15) is 0 Å². The van der Waals surface area contributed by atoms with Crippen LogP contribution in [0.25, 0.3) is 11.3 Å². The molecule has 0 aliphatic heterocycles. The van der Waals surface area contributed by atoms with Gasteiger partial charge in [0.15, 0.2) is 4.77 Å². The lowest BCUT2D eigenvalue weighted by molar-refractivity contribution is 0.630. The summed E-state index contributed by atoms with van der Waals surface area (Å²) in [6, 6.07) is 6.60. The van der Waals surface area contributed by atoms with Crippen LogP contribution < -0.4 is 0 Å². The highest BCUT2D eigenvalue weighted by Gasteiger charge is 2.08. The minimum Gasteiger partial charge on any atom is -0.334 e. The number of H-pyrrole nitrogens is 2. The van der Waals surface area contributed by atoms with Gasteiger partial charge >= 0.3 is 0 Å². The molecule has 4 heteroatoms. The zero-order valence-electron chi connectivity index (χ0n) is 7.60. The van der Waals surface area contributed by atoms with Crippen LogP contribution in [-0.4, -0.2) is 9.97 Å². The van der Waals surface area contributed by atoms with Crippen molar-refractivity contribution < 1.29 is 4.39 Å². The maximum absolute atomic E-state index is 13.4. The predicted molar refractivity (Wildman–Crippen MR) is 56.1 cm³/mol. The average molecular weight is 208 g/mol. The van der Waals surface area contributed by atoms with E-state index in [2.05, 4.69) is 9.97 Å². The number of aromatic amines is 2. The number of nitrogens with one attached hydrogen (secondary N) is 2. The van der Waals surface area contributed by atoms with Gasteiger partial charge in [0.05, 0.1) is 5.69 Å². The first-order valence-corrected chi connectivity index (χ1v) is 4.63. The van der Waals surface area contributed by atoms with Crippen LogP contribution in [0.15, 0.2) is 24.3 Å². The molecule has 2 N–H and O–H groups in total. The Hall–Kier alpha value is -1.42. The Kier molecular flexibility index (Phi) is 2.21. The number of hydrogen-bond donors (Lipinski definition) is 2. The quantitative estimate of drug-likeness (QED) is 0.693. The zero-order chi connectivity index (χ0) is 10.1. The Bertz CT molecular complexity index is 513. The highest BCUT2D eigenvalue weighted by atomic mass is 32.1. The number of aryl methyl sites for hydroxylation is 1. The average Bonchev–Trinajstić information content (AvgIpc) is 2.46. The minimum absolute atomic E-state index is 0.249. The standard InChI is InChI=1S/C10H9FN2S/c1-6-9(13-10(14)12-6)7-4-2-3-5-8(7)11/h2-5H,1H3,(H2,12,13,14). The summed E-state index contributed by atoms with van der Waals surface area (Å²) in [6.07, 6.45) is 0. The molecular weight excluding hydrogens is 199 g/mol. The Labute approximate surface area is 85.8 Å². The van der Waals surface area contributed by atoms with E-state index in [0.29, 0.717) is 16.0 Å². The first-order chi connectivity index (χ1) is 6.68. The van der Waals surface area contributed by atoms with Crippen molar-refractivity contribution >= 4 is 12.2 Å². The molecular formula is C10H9FN2S. The monoisotopic (exact) mass is 208 g/mol. The lowest BCUT2D eigenvalue weighted by atomic mass is 10.1. The Morgan fingerprint density at radius 1 is 1.21 bits per heavy atom. The SMILES string of the molecule is Cc1[nH]c(=S)[nH]c1-c1ccccc1F. The molecule has 0 radical (unpaired) electrons. The Morgan fingerprint density at radius 2 is 1.93 bits per heavy atom. The maximum atomic E-state index is 13.4. The summed E-state index contributed by atoms with van der Waals surface area (Å²) in [5, 5.41) is 0. The van der Waals surface area contributed by atoms with Crippen LogP contribution in [0.3, 0.4) is 0 Å². The highest BCUT2D eigenvalue weighted by Crippen LogP contribution is 2.22. The first-order valence-electron chi connectivity index (χ1n) is 4.22. The van der Waals surface area contributed by atoms with E-state index in [1.165, 1.54) is 6.07 Å². The molecule has 72 valence electrons. The van der Waals surface area contributed by atoms with E-state index in [1.54, 1.807) is 18.2 Å². The molecule has 1 aromatic carbocycles. The molecule has 0 saturated carbocycles. The van der Waals surface area contributed by atoms with Gasteiger partial charge in [0.2, 0.25) is 0 Å². The van der Waals surface area contributed by atoms with E-state index in [0.717, 1.165) is 5.69 Å². The molecule has 0 bridgehead atoms. The van der Waals surface area contributed by atoms with Crippen molar-refractivity contribution in [2.24, 2.45) is 0 Å². The van der Waals surface area contributed by atoms with E-state index in [4.69, 9.17) is 12.2 Å². The third-order valence-electron chi connectivity index (χ3n) is 2.06. The number of hydrogen-bond acceptors (Lipinski definition) is 1. The number of rotatable bonds is 1. The molecule has 0 aliphatic rings. The van der Waals surface area contributed by atoms with E-state index in [9.17, 15) is 4.39 Å². The molecule has 0 atom stereocenters. The number of aromatic nitrogens is 2. The fourth-order valence-electron chi connectivity index (χ4n) is 1.40. The van der Waals surface area contributed by atoms with Crippen LogP contribution in [0.4, 0.5) is 4.39 Å². The van der Waals surface area contributed by atoms with Crippen LogP contribution in [0.5, 0.6) is 0 Å². The van der Waals surface area contributed by atoms with E-state index in [-0.39, 0.29) is 5.82 Å². The number of halogens is 1. The van der Waals surface area contributed by atoms with Gasteiger partial charge in [-0.1, -0.05) is 12.1 Å². The predicted octanol–water partition coefficient (Wildman–Crippen LogP) is 3.19. The fourth-order valence-corrected chi connectivity index (χ4v) is 1.66. The van der Waals surface area contributed by atoms with Crippen molar-refractivity contribution in [2.45, 2.75) is 6.92 Å². The summed E-state index contributed by atoms with van der Waals surface area (Å²) in [6.45, 7) is 1.86. The number of benzene rings is 1. The zero-order valence-corrected chi connectivity index (χ0v) is 8.41. The molecule has 0 amide bonds. The third kappa shape index (κ3) is 1.48. The van der Waals surface area contributed by atoms with Gasteiger partial charge in [-0.15, -0.1) is 0 Å². The number of imidazole rings is 1. The van der Waals surface area contributed by atoms with Gasteiger partial charge in [0.1, 0.15) is 5.82 Å². The first kappa shape index (κ1) is 9.15. The van der Waals surface area contributed by atoms with Crippen molar-refractivity contribution in [3.05, 3.63) is 40.5 Å². The van der Waals surface area contributed by atoms with Crippen molar-refractivity contribution in [2.75, 3.05) is 0 Å². The molecule has 2 aromatic rings. The topological polar surface area (TPSA) is 31.6 Å².